The minimum Gasteiger partial charge on any atom is -0.469 e. The highest BCUT2D eigenvalue weighted by atomic mass is 35.5. The van der Waals surface area contributed by atoms with Gasteiger partial charge in [0.25, 0.3) is 0 Å². The first-order valence-electron chi connectivity index (χ1n) is 5.39. The Bertz CT molecular complexity index is 437. The standard InChI is InChI=1S/C12H13Cl2NO2/c1-17-12(16)8-4-5-15-11(8)7-2-3-9(13)10(14)6-7/h2-3,6,8,11,15H,4-5H2,1H3/t8-,11+/m1/s1. The van der Waals surface area contributed by atoms with Crippen LogP contribution in [0.1, 0.15) is 18.0 Å². The first-order valence-corrected chi connectivity index (χ1v) is 6.15. The van der Waals surface area contributed by atoms with Gasteiger partial charge in [0.15, 0.2) is 0 Å². The van der Waals surface area contributed by atoms with Crippen molar-refractivity contribution in [2.75, 3.05) is 13.7 Å². The third-order valence-electron chi connectivity index (χ3n) is 3.03. The molecule has 1 aromatic rings. The van der Waals surface area contributed by atoms with Crippen LogP contribution in [0.15, 0.2) is 18.2 Å². The van der Waals surface area contributed by atoms with Crippen LogP contribution < -0.4 is 5.32 Å². The SMILES string of the molecule is COC(=O)[C@@H]1CCN[C@H]1c1ccc(Cl)c(Cl)c1. The lowest BCUT2D eigenvalue weighted by atomic mass is 9.94. The zero-order valence-electron chi connectivity index (χ0n) is 9.37. The highest BCUT2D eigenvalue weighted by Gasteiger charge is 2.34. The number of rotatable bonds is 2. The van der Waals surface area contributed by atoms with Gasteiger partial charge in [-0.1, -0.05) is 29.3 Å². The molecule has 2 atom stereocenters. The van der Waals surface area contributed by atoms with E-state index in [1.165, 1.54) is 7.11 Å². The monoisotopic (exact) mass is 273 g/mol. The molecule has 17 heavy (non-hydrogen) atoms. The third-order valence-corrected chi connectivity index (χ3v) is 3.77. The molecule has 3 nitrogen and oxygen atoms in total. The smallest absolute Gasteiger partial charge is 0.310 e. The van der Waals surface area contributed by atoms with Gasteiger partial charge in [0.1, 0.15) is 0 Å². The lowest BCUT2D eigenvalue weighted by molar-refractivity contribution is -0.145. The van der Waals surface area contributed by atoms with Crippen LogP contribution in [0, 0.1) is 5.92 Å². The van der Waals surface area contributed by atoms with E-state index in [-0.39, 0.29) is 17.9 Å². The van der Waals surface area contributed by atoms with Gasteiger partial charge in [0, 0.05) is 6.04 Å². The van der Waals surface area contributed by atoms with Crippen molar-refractivity contribution in [1.29, 1.82) is 0 Å². The van der Waals surface area contributed by atoms with E-state index in [1.807, 2.05) is 6.07 Å². The molecule has 1 aliphatic rings. The number of carbonyl (C=O) groups excluding carboxylic acids is 1. The molecule has 0 aliphatic carbocycles. The van der Waals surface area contributed by atoms with Crippen LogP contribution in [0.25, 0.3) is 0 Å². The van der Waals surface area contributed by atoms with Crippen molar-refractivity contribution in [2.45, 2.75) is 12.5 Å². The van der Waals surface area contributed by atoms with Crippen molar-refractivity contribution in [3.63, 3.8) is 0 Å². The molecule has 1 fully saturated rings. The van der Waals surface area contributed by atoms with E-state index in [1.54, 1.807) is 12.1 Å². The summed E-state index contributed by atoms with van der Waals surface area (Å²) in [5.41, 5.74) is 0.965. The minimum atomic E-state index is -0.189. The highest BCUT2D eigenvalue weighted by Crippen LogP contribution is 2.33. The molecule has 1 N–H and O–H groups in total. The average Bonchev–Trinajstić information content (AvgIpc) is 2.80. The number of ether oxygens (including phenoxy) is 1. The second-order valence-electron chi connectivity index (χ2n) is 4.02. The van der Waals surface area contributed by atoms with Crippen molar-refractivity contribution in [1.82, 2.24) is 5.32 Å². The number of esters is 1. The van der Waals surface area contributed by atoms with E-state index < -0.39 is 0 Å². The largest absolute Gasteiger partial charge is 0.469 e. The zero-order chi connectivity index (χ0) is 12.4. The van der Waals surface area contributed by atoms with Gasteiger partial charge in [-0.05, 0) is 30.7 Å². The Morgan fingerprint density at radius 3 is 2.82 bits per heavy atom. The second kappa shape index (κ2) is 5.25. The Hall–Kier alpha value is -0.770. The second-order valence-corrected chi connectivity index (χ2v) is 4.84. The number of benzene rings is 1. The molecule has 1 aliphatic heterocycles. The summed E-state index contributed by atoms with van der Waals surface area (Å²) >= 11 is 11.8. The summed E-state index contributed by atoms with van der Waals surface area (Å²) in [6, 6.07) is 5.38. The van der Waals surface area contributed by atoms with Crippen LogP contribution in [0.4, 0.5) is 0 Å². The Labute approximate surface area is 110 Å². The molecule has 1 heterocycles. The normalized spacial score (nSPS) is 23.7. The molecular formula is C12H13Cl2NO2. The van der Waals surface area contributed by atoms with E-state index in [9.17, 15) is 4.79 Å². The fraction of sp³-hybridized carbons (Fsp3) is 0.417. The van der Waals surface area contributed by atoms with Gasteiger partial charge in [-0.2, -0.15) is 0 Å². The Morgan fingerprint density at radius 2 is 2.18 bits per heavy atom. The average molecular weight is 274 g/mol. The Balaban J connectivity index is 2.26. The van der Waals surface area contributed by atoms with E-state index >= 15 is 0 Å². The van der Waals surface area contributed by atoms with Gasteiger partial charge >= 0.3 is 5.97 Å². The molecule has 0 aromatic heterocycles. The number of carbonyl (C=O) groups is 1. The van der Waals surface area contributed by atoms with E-state index in [0.717, 1.165) is 18.5 Å². The maximum Gasteiger partial charge on any atom is 0.310 e. The van der Waals surface area contributed by atoms with Crippen LogP contribution in [-0.2, 0) is 9.53 Å². The summed E-state index contributed by atoms with van der Waals surface area (Å²) in [7, 11) is 1.41. The van der Waals surface area contributed by atoms with Gasteiger partial charge in [-0.3, -0.25) is 4.79 Å². The fourth-order valence-corrected chi connectivity index (χ4v) is 2.47. The topological polar surface area (TPSA) is 38.3 Å². The molecule has 5 heteroatoms. The molecule has 0 amide bonds. The summed E-state index contributed by atoms with van der Waals surface area (Å²) in [5.74, 6) is -0.344. The maximum atomic E-state index is 11.6. The molecule has 92 valence electrons. The Kier molecular flexibility index (Phi) is 3.92. The van der Waals surface area contributed by atoms with Crippen molar-refractivity contribution in [3.8, 4) is 0 Å². The molecule has 0 unspecified atom stereocenters. The predicted molar refractivity (Wildman–Crippen MR) is 67.3 cm³/mol. The quantitative estimate of drug-likeness (QED) is 0.843. The first-order chi connectivity index (χ1) is 8.13. The minimum absolute atomic E-state index is 0.0442. The summed E-state index contributed by atoms with van der Waals surface area (Å²) in [4.78, 5) is 11.6. The van der Waals surface area contributed by atoms with Crippen LogP contribution in [0.3, 0.4) is 0 Å². The van der Waals surface area contributed by atoms with Crippen LogP contribution in [-0.4, -0.2) is 19.6 Å². The third kappa shape index (κ3) is 2.57. The zero-order valence-corrected chi connectivity index (χ0v) is 10.9. The predicted octanol–water partition coefficient (Wildman–Crippen LogP) is 2.82. The molecule has 2 rings (SSSR count). The highest BCUT2D eigenvalue weighted by molar-refractivity contribution is 6.42. The van der Waals surface area contributed by atoms with E-state index in [2.05, 4.69) is 5.32 Å². The van der Waals surface area contributed by atoms with Gasteiger partial charge in [0.2, 0.25) is 0 Å². The van der Waals surface area contributed by atoms with Crippen LogP contribution >= 0.6 is 23.2 Å². The van der Waals surface area contributed by atoms with Gasteiger partial charge in [0.05, 0.1) is 23.1 Å². The number of methoxy groups -OCH3 is 1. The van der Waals surface area contributed by atoms with Gasteiger partial charge < -0.3 is 10.1 Å². The molecular weight excluding hydrogens is 261 g/mol. The van der Waals surface area contributed by atoms with Crippen molar-refractivity contribution >= 4 is 29.2 Å². The number of halogens is 2. The molecule has 0 radical (unpaired) electrons. The Morgan fingerprint density at radius 1 is 1.41 bits per heavy atom. The van der Waals surface area contributed by atoms with Crippen LogP contribution in [0.2, 0.25) is 10.0 Å². The van der Waals surface area contributed by atoms with Crippen molar-refractivity contribution in [3.05, 3.63) is 33.8 Å². The first kappa shape index (κ1) is 12.7. The van der Waals surface area contributed by atoms with E-state index in [4.69, 9.17) is 27.9 Å². The molecule has 1 aromatic carbocycles. The molecule has 0 spiro atoms. The van der Waals surface area contributed by atoms with Crippen molar-refractivity contribution in [2.24, 2.45) is 5.92 Å². The molecule has 0 bridgehead atoms. The summed E-state index contributed by atoms with van der Waals surface area (Å²) in [5, 5.41) is 4.30. The lowest BCUT2D eigenvalue weighted by Crippen LogP contribution is -2.24. The van der Waals surface area contributed by atoms with Crippen molar-refractivity contribution < 1.29 is 9.53 Å². The van der Waals surface area contributed by atoms with Crippen LogP contribution in [0.5, 0.6) is 0 Å². The summed E-state index contributed by atoms with van der Waals surface area (Å²) in [6.07, 6.45) is 0.775. The summed E-state index contributed by atoms with van der Waals surface area (Å²) in [6.45, 7) is 0.796. The maximum absolute atomic E-state index is 11.6. The van der Waals surface area contributed by atoms with Gasteiger partial charge in [-0.25, -0.2) is 0 Å². The summed E-state index contributed by atoms with van der Waals surface area (Å²) < 4.78 is 4.80. The number of hydrogen-bond acceptors (Lipinski definition) is 3. The lowest BCUT2D eigenvalue weighted by Gasteiger charge is -2.18. The van der Waals surface area contributed by atoms with E-state index in [0.29, 0.717) is 10.0 Å². The molecule has 1 saturated heterocycles. The van der Waals surface area contributed by atoms with Gasteiger partial charge in [-0.15, -0.1) is 0 Å². The number of nitrogens with one attached hydrogen (secondary N) is 1. The molecule has 0 saturated carbocycles. The number of hydrogen-bond donors (Lipinski definition) is 1. The fourth-order valence-electron chi connectivity index (χ4n) is 2.16.